The third-order valence-corrected chi connectivity index (χ3v) is 3.85. The maximum Gasteiger partial charge on any atom is 0.291 e. The second kappa shape index (κ2) is 5.27. The van der Waals surface area contributed by atoms with Crippen LogP contribution in [0, 0.1) is 10.1 Å². The fourth-order valence-electron chi connectivity index (χ4n) is 1.48. The minimum absolute atomic E-state index is 0.104. The Balaban J connectivity index is 2.31. The summed E-state index contributed by atoms with van der Waals surface area (Å²) < 4.78 is 30.8. The molecule has 0 aliphatic carbocycles. The third-order valence-electron chi connectivity index (χ3n) is 2.40. The monoisotopic (exact) mass is 298 g/mol. The van der Waals surface area contributed by atoms with Crippen molar-refractivity contribution in [3.63, 3.8) is 0 Å². The Kier molecular flexibility index (Phi) is 3.68. The summed E-state index contributed by atoms with van der Waals surface area (Å²) in [6.07, 6.45) is 1.29. The number of rotatable bonds is 5. The maximum absolute atomic E-state index is 12.0. The van der Waals surface area contributed by atoms with Crippen molar-refractivity contribution in [2.45, 2.75) is 11.4 Å². The van der Waals surface area contributed by atoms with Gasteiger partial charge < -0.3 is 10.3 Å². The van der Waals surface area contributed by atoms with Crippen molar-refractivity contribution in [3.8, 4) is 0 Å². The summed E-state index contributed by atoms with van der Waals surface area (Å²) in [6, 6.07) is 4.82. The van der Waals surface area contributed by atoms with Crippen LogP contribution >= 0.6 is 0 Å². The quantitative estimate of drug-likeness (QED) is 0.468. The Hall–Kier alpha value is -2.46. The van der Waals surface area contributed by atoms with Crippen LogP contribution in [0.3, 0.4) is 0 Å². The summed E-state index contributed by atoms with van der Waals surface area (Å²) in [5.41, 5.74) is 5.29. The van der Waals surface area contributed by atoms with Crippen LogP contribution in [0.5, 0.6) is 0 Å². The number of sulfonamides is 1. The van der Waals surface area contributed by atoms with Crippen molar-refractivity contribution < 1.29 is 17.9 Å². The molecule has 9 nitrogen and oxygen atoms in total. The third kappa shape index (κ3) is 2.92. The Bertz CT molecular complexity index is 726. The normalized spacial score (nSPS) is 11.4. The Morgan fingerprint density at radius 1 is 1.40 bits per heavy atom. The van der Waals surface area contributed by atoms with Crippen molar-refractivity contribution in [3.05, 3.63) is 46.3 Å². The first kappa shape index (κ1) is 14.0. The topological polar surface area (TPSA) is 141 Å². The van der Waals surface area contributed by atoms with Gasteiger partial charge in [-0.1, -0.05) is 5.16 Å². The van der Waals surface area contributed by atoms with E-state index < -0.39 is 25.5 Å². The molecule has 0 radical (unpaired) electrons. The number of nitro benzene ring substituents is 1. The molecule has 2 rings (SSSR count). The predicted molar refractivity (Wildman–Crippen MR) is 68.0 cm³/mol. The Morgan fingerprint density at radius 2 is 2.15 bits per heavy atom. The van der Waals surface area contributed by atoms with Gasteiger partial charge in [-0.25, -0.2) is 13.1 Å². The van der Waals surface area contributed by atoms with Crippen LogP contribution in [0.2, 0.25) is 0 Å². The van der Waals surface area contributed by atoms with Gasteiger partial charge in [0.15, 0.2) is 4.90 Å². The van der Waals surface area contributed by atoms with Gasteiger partial charge in [0.05, 0.1) is 17.2 Å². The smallest absolute Gasteiger partial charge is 0.291 e. The van der Waals surface area contributed by atoms with E-state index in [1.807, 2.05) is 0 Å². The van der Waals surface area contributed by atoms with Gasteiger partial charge in [-0.2, -0.15) is 0 Å². The van der Waals surface area contributed by atoms with Gasteiger partial charge in [-0.3, -0.25) is 10.1 Å². The number of aromatic nitrogens is 1. The maximum atomic E-state index is 12.0. The molecule has 2 aromatic rings. The fourth-order valence-corrected chi connectivity index (χ4v) is 2.63. The summed E-state index contributed by atoms with van der Waals surface area (Å²) in [5, 5.41) is 14.4. The molecule has 0 amide bonds. The van der Waals surface area contributed by atoms with Crippen molar-refractivity contribution in [2.75, 3.05) is 5.73 Å². The van der Waals surface area contributed by atoms with E-state index in [2.05, 4.69) is 14.4 Å². The summed E-state index contributed by atoms with van der Waals surface area (Å²) in [5.74, 6) is 0. The molecule has 0 fully saturated rings. The number of hydrogen-bond acceptors (Lipinski definition) is 7. The van der Waals surface area contributed by atoms with Gasteiger partial charge in [0.25, 0.3) is 5.69 Å². The lowest BCUT2D eigenvalue weighted by molar-refractivity contribution is -0.387. The molecule has 0 spiro atoms. The number of anilines is 1. The Morgan fingerprint density at radius 3 is 2.75 bits per heavy atom. The van der Waals surface area contributed by atoms with Crippen LogP contribution in [0.4, 0.5) is 11.4 Å². The fraction of sp³-hybridized carbons (Fsp3) is 0.100. The molecule has 1 aromatic carbocycles. The van der Waals surface area contributed by atoms with Crippen molar-refractivity contribution >= 4 is 21.4 Å². The zero-order valence-electron chi connectivity index (χ0n) is 10.0. The van der Waals surface area contributed by atoms with Gasteiger partial charge in [-0.05, 0) is 12.1 Å². The highest BCUT2D eigenvalue weighted by molar-refractivity contribution is 7.89. The number of nitro groups is 1. The molecule has 0 bridgehead atoms. The largest absolute Gasteiger partial charge is 0.399 e. The van der Waals surface area contributed by atoms with Crippen molar-refractivity contribution in [2.24, 2.45) is 0 Å². The van der Waals surface area contributed by atoms with E-state index in [1.165, 1.54) is 18.4 Å². The van der Waals surface area contributed by atoms with Crippen LogP contribution < -0.4 is 10.5 Å². The van der Waals surface area contributed by atoms with Gasteiger partial charge in [-0.15, -0.1) is 0 Å². The minimum Gasteiger partial charge on any atom is -0.399 e. The lowest BCUT2D eigenvalue weighted by atomic mass is 10.3. The molecule has 0 saturated carbocycles. The lowest BCUT2D eigenvalue weighted by Gasteiger charge is -2.06. The number of nitrogens with one attached hydrogen (secondary N) is 1. The number of nitrogen functional groups attached to an aromatic ring is 1. The van der Waals surface area contributed by atoms with Crippen LogP contribution in [-0.4, -0.2) is 18.5 Å². The van der Waals surface area contributed by atoms with Gasteiger partial charge >= 0.3 is 0 Å². The molecule has 0 aliphatic rings. The molecule has 20 heavy (non-hydrogen) atoms. The number of nitrogens with zero attached hydrogens (tertiary/aromatic N) is 2. The van der Waals surface area contributed by atoms with Gasteiger partial charge in [0.1, 0.15) is 6.26 Å². The lowest BCUT2D eigenvalue weighted by Crippen LogP contribution is -2.24. The molecule has 106 valence electrons. The van der Waals surface area contributed by atoms with E-state index in [1.54, 1.807) is 0 Å². The SMILES string of the molecule is Nc1ccc(S(=O)(=O)NCc2ccon2)c([N+](=O)[O-])c1. The van der Waals surface area contributed by atoms with E-state index >= 15 is 0 Å². The molecule has 0 saturated heterocycles. The summed E-state index contributed by atoms with van der Waals surface area (Å²) in [4.78, 5) is 9.62. The highest BCUT2D eigenvalue weighted by atomic mass is 32.2. The number of hydrogen-bond donors (Lipinski definition) is 2. The molecular weight excluding hydrogens is 288 g/mol. The van der Waals surface area contributed by atoms with Crippen LogP contribution in [0.15, 0.2) is 39.9 Å². The van der Waals surface area contributed by atoms with E-state index in [-0.39, 0.29) is 12.2 Å². The molecular formula is C10H10N4O5S. The van der Waals surface area contributed by atoms with Crippen LogP contribution in [0.25, 0.3) is 0 Å². The minimum atomic E-state index is -4.06. The zero-order valence-corrected chi connectivity index (χ0v) is 10.8. The highest BCUT2D eigenvalue weighted by Crippen LogP contribution is 2.25. The molecule has 10 heteroatoms. The number of nitrogens with two attached hydrogens (primary N) is 1. The van der Waals surface area contributed by atoms with E-state index in [9.17, 15) is 18.5 Å². The number of benzene rings is 1. The van der Waals surface area contributed by atoms with E-state index in [0.29, 0.717) is 5.69 Å². The van der Waals surface area contributed by atoms with E-state index in [4.69, 9.17) is 5.73 Å². The molecule has 0 atom stereocenters. The standard InChI is InChI=1S/C10H10N4O5S/c11-7-1-2-10(9(5-7)14(15)16)20(17,18)12-6-8-3-4-19-13-8/h1-5,12H,6,11H2. The van der Waals surface area contributed by atoms with Crippen LogP contribution in [-0.2, 0) is 16.6 Å². The first-order chi connectivity index (χ1) is 9.40. The summed E-state index contributed by atoms with van der Waals surface area (Å²) in [7, 11) is -4.06. The van der Waals surface area contributed by atoms with Crippen LogP contribution in [0.1, 0.15) is 5.69 Å². The molecule has 0 aliphatic heterocycles. The van der Waals surface area contributed by atoms with E-state index in [0.717, 1.165) is 12.1 Å². The average Bonchev–Trinajstić information content (AvgIpc) is 2.89. The highest BCUT2D eigenvalue weighted by Gasteiger charge is 2.25. The molecule has 1 aromatic heterocycles. The second-order valence-corrected chi connectivity index (χ2v) is 5.53. The average molecular weight is 298 g/mol. The summed E-state index contributed by atoms with van der Waals surface area (Å²) >= 11 is 0. The molecule has 3 N–H and O–H groups in total. The van der Waals surface area contributed by atoms with Gasteiger partial charge in [0, 0.05) is 17.8 Å². The summed E-state index contributed by atoms with van der Waals surface area (Å²) in [6.45, 7) is -0.139. The zero-order chi connectivity index (χ0) is 14.8. The molecule has 1 heterocycles. The Labute approximate surface area is 113 Å². The van der Waals surface area contributed by atoms with Crippen molar-refractivity contribution in [1.29, 1.82) is 0 Å². The first-order valence-electron chi connectivity index (χ1n) is 5.33. The second-order valence-electron chi connectivity index (χ2n) is 3.80. The predicted octanol–water partition coefficient (Wildman–Crippen LogP) is 0.643. The van der Waals surface area contributed by atoms with Crippen molar-refractivity contribution in [1.82, 2.24) is 9.88 Å². The molecule has 0 unspecified atom stereocenters. The first-order valence-corrected chi connectivity index (χ1v) is 6.81. The van der Waals surface area contributed by atoms with Gasteiger partial charge in [0.2, 0.25) is 10.0 Å².